The molecule has 9 heteroatoms. The maximum absolute atomic E-state index is 12.3. The number of rotatable bonds is 5. The van der Waals surface area contributed by atoms with E-state index in [2.05, 4.69) is 10.1 Å². The van der Waals surface area contributed by atoms with Crippen LogP contribution in [0.25, 0.3) is 10.7 Å². The van der Waals surface area contributed by atoms with E-state index in [0.29, 0.717) is 24.7 Å². The highest BCUT2D eigenvalue weighted by Gasteiger charge is 2.32. The van der Waals surface area contributed by atoms with Crippen LogP contribution in [0, 0.1) is 0 Å². The molecule has 0 aromatic carbocycles. The molecular formula is C15H17N3O5S. The molecule has 1 fully saturated rings. The normalized spacial score (nSPS) is 21.0. The van der Waals surface area contributed by atoms with Crippen molar-refractivity contribution >= 4 is 23.2 Å². The summed E-state index contributed by atoms with van der Waals surface area (Å²) in [5.74, 6) is -0.301. The third-order valence-electron chi connectivity index (χ3n) is 3.65. The lowest BCUT2D eigenvalue weighted by Gasteiger charge is -2.34. The minimum atomic E-state index is -1.06. The van der Waals surface area contributed by atoms with Crippen LogP contribution in [-0.2, 0) is 20.7 Å². The van der Waals surface area contributed by atoms with Gasteiger partial charge in [-0.05, 0) is 18.4 Å². The van der Waals surface area contributed by atoms with Gasteiger partial charge in [0.25, 0.3) is 0 Å². The molecular weight excluding hydrogens is 334 g/mol. The largest absolute Gasteiger partial charge is 0.479 e. The van der Waals surface area contributed by atoms with E-state index in [1.165, 1.54) is 16.2 Å². The summed E-state index contributed by atoms with van der Waals surface area (Å²) in [5, 5.41) is 14.9. The molecule has 1 aliphatic heterocycles. The van der Waals surface area contributed by atoms with Crippen LogP contribution in [0.3, 0.4) is 0 Å². The molecule has 0 bridgehead atoms. The van der Waals surface area contributed by atoms with E-state index in [0.717, 1.165) is 4.88 Å². The van der Waals surface area contributed by atoms with Gasteiger partial charge >= 0.3 is 5.97 Å². The molecule has 1 saturated heterocycles. The number of nitrogens with zero attached hydrogens (tertiary/aromatic N) is 3. The second kappa shape index (κ2) is 7.10. The zero-order valence-corrected chi connectivity index (χ0v) is 13.9. The number of hydrogen-bond donors (Lipinski definition) is 1. The zero-order valence-electron chi connectivity index (χ0n) is 13.0. The molecule has 128 valence electrons. The first-order valence-corrected chi connectivity index (χ1v) is 8.43. The summed E-state index contributed by atoms with van der Waals surface area (Å²) in [4.78, 5) is 30.1. The smallest absolute Gasteiger partial charge is 0.334 e. The molecule has 1 unspecified atom stereocenters. The second-order valence-corrected chi connectivity index (χ2v) is 6.51. The maximum atomic E-state index is 12.3. The van der Waals surface area contributed by atoms with E-state index in [4.69, 9.17) is 14.4 Å². The summed E-state index contributed by atoms with van der Waals surface area (Å²) in [7, 11) is 0. The quantitative estimate of drug-likeness (QED) is 0.868. The van der Waals surface area contributed by atoms with Crippen molar-refractivity contribution < 1.29 is 24.0 Å². The molecule has 2 aromatic rings. The van der Waals surface area contributed by atoms with Crippen molar-refractivity contribution in [3.05, 3.63) is 23.4 Å². The molecule has 0 saturated carbocycles. The number of aryl methyl sites for hydroxylation is 1. The van der Waals surface area contributed by atoms with Crippen LogP contribution in [0.1, 0.15) is 19.2 Å². The standard InChI is InChI=1S/C15H17N3O5S/c1-9-7-18(8-10(22-9)15(20)21)13(19)5-4-12-16-14(17-23-12)11-3-2-6-24-11/h2-3,6,9-10H,4-5,7-8H2,1H3,(H,20,21)/t9-,10?/m1/s1. The maximum Gasteiger partial charge on any atom is 0.334 e. The number of hydrogen-bond acceptors (Lipinski definition) is 7. The number of amides is 1. The van der Waals surface area contributed by atoms with Gasteiger partial charge in [-0.25, -0.2) is 4.79 Å². The predicted molar refractivity (Wildman–Crippen MR) is 84.5 cm³/mol. The summed E-state index contributed by atoms with van der Waals surface area (Å²) in [6, 6.07) is 3.80. The molecule has 3 rings (SSSR count). The summed E-state index contributed by atoms with van der Waals surface area (Å²) in [6.45, 7) is 2.19. The lowest BCUT2D eigenvalue weighted by atomic mass is 10.2. The first-order valence-electron chi connectivity index (χ1n) is 7.55. The Kier molecular flexibility index (Phi) is 4.91. The number of aromatic nitrogens is 2. The molecule has 1 N–H and O–H groups in total. The number of thiophene rings is 1. The van der Waals surface area contributed by atoms with Crippen molar-refractivity contribution in [3.63, 3.8) is 0 Å². The number of carbonyl (C=O) groups excluding carboxylic acids is 1. The van der Waals surface area contributed by atoms with Crippen LogP contribution in [0.5, 0.6) is 0 Å². The molecule has 8 nitrogen and oxygen atoms in total. The van der Waals surface area contributed by atoms with E-state index >= 15 is 0 Å². The summed E-state index contributed by atoms with van der Waals surface area (Å²) in [6.07, 6.45) is -0.782. The number of aliphatic carboxylic acids is 1. The Balaban J connectivity index is 1.56. The van der Waals surface area contributed by atoms with E-state index in [1.807, 2.05) is 17.5 Å². The number of carbonyl (C=O) groups is 2. The predicted octanol–water partition coefficient (Wildman–Crippen LogP) is 1.43. The molecule has 2 atom stereocenters. The van der Waals surface area contributed by atoms with Crippen LogP contribution >= 0.6 is 11.3 Å². The van der Waals surface area contributed by atoms with Gasteiger partial charge in [0.1, 0.15) is 0 Å². The van der Waals surface area contributed by atoms with Crippen molar-refractivity contribution in [2.75, 3.05) is 13.1 Å². The second-order valence-electron chi connectivity index (χ2n) is 5.56. The summed E-state index contributed by atoms with van der Waals surface area (Å²) >= 11 is 1.51. The fourth-order valence-electron chi connectivity index (χ4n) is 2.53. The molecule has 0 radical (unpaired) electrons. The van der Waals surface area contributed by atoms with Crippen molar-refractivity contribution in [2.24, 2.45) is 0 Å². The Hall–Kier alpha value is -2.26. The Morgan fingerprint density at radius 2 is 2.29 bits per heavy atom. The highest BCUT2D eigenvalue weighted by molar-refractivity contribution is 7.13. The number of ether oxygens (including phenoxy) is 1. The number of morpholine rings is 1. The van der Waals surface area contributed by atoms with Crippen molar-refractivity contribution in [1.29, 1.82) is 0 Å². The van der Waals surface area contributed by atoms with Gasteiger partial charge in [-0.3, -0.25) is 4.79 Å². The highest BCUT2D eigenvalue weighted by Crippen LogP contribution is 2.21. The van der Waals surface area contributed by atoms with E-state index < -0.39 is 12.1 Å². The Morgan fingerprint density at radius 1 is 1.46 bits per heavy atom. The van der Waals surface area contributed by atoms with Gasteiger partial charge in [0.15, 0.2) is 6.10 Å². The highest BCUT2D eigenvalue weighted by atomic mass is 32.1. The third kappa shape index (κ3) is 3.80. The van der Waals surface area contributed by atoms with Gasteiger partial charge in [0.05, 0.1) is 17.5 Å². The summed E-state index contributed by atoms with van der Waals surface area (Å²) in [5.41, 5.74) is 0. The topological polar surface area (TPSA) is 106 Å². The lowest BCUT2D eigenvalue weighted by Crippen LogP contribution is -2.51. The molecule has 2 aromatic heterocycles. The fraction of sp³-hybridized carbons (Fsp3) is 0.467. The molecule has 3 heterocycles. The Bertz CT molecular complexity index is 715. The molecule has 24 heavy (non-hydrogen) atoms. The van der Waals surface area contributed by atoms with Gasteiger partial charge in [0.2, 0.25) is 17.6 Å². The average Bonchev–Trinajstić information content (AvgIpc) is 3.23. The zero-order chi connectivity index (χ0) is 17.1. The van der Waals surface area contributed by atoms with Crippen LogP contribution in [0.15, 0.2) is 22.0 Å². The van der Waals surface area contributed by atoms with Gasteiger partial charge < -0.3 is 19.3 Å². The molecule has 1 aliphatic rings. The van der Waals surface area contributed by atoms with Gasteiger partial charge in [-0.1, -0.05) is 11.2 Å². The van der Waals surface area contributed by atoms with E-state index in [-0.39, 0.29) is 25.0 Å². The SMILES string of the molecule is C[C@@H]1CN(C(=O)CCc2nc(-c3cccs3)no2)CC(C(=O)O)O1. The molecule has 0 spiro atoms. The first kappa shape index (κ1) is 16.6. The van der Waals surface area contributed by atoms with E-state index in [1.54, 1.807) is 6.92 Å². The number of carboxylic acids is 1. The number of carboxylic acid groups (broad SMARTS) is 1. The van der Waals surface area contributed by atoms with Crippen LogP contribution < -0.4 is 0 Å². The van der Waals surface area contributed by atoms with E-state index in [9.17, 15) is 9.59 Å². The van der Waals surface area contributed by atoms with Gasteiger partial charge in [-0.15, -0.1) is 11.3 Å². The van der Waals surface area contributed by atoms with Crippen LogP contribution in [-0.4, -0.2) is 57.3 Å². The lowest BCUT2D eigenvalue weighted by molar-refractivity contribution is -0.166. The van der Waals surface area contributed by atoms with Gasteiger partial charge in [0, 0.05) is 19.4 Å². The van der Waals surface area contributed by atoms with Crippen molar-refractivity contribution in [3.8, 4) is 10.7 Å². The first-order chi connectivity index (χ1) is 11.5. The minimum absolute atomic E-state index is 0.0583. The van der Waals surface area contributed by atoms with Gasteiger partial charge in [-0.2, -0.15) is 4.98 Å². The Labute approximate surface area is 142 Å². The van der Waals surface area contributed by atoms with Crippen molar-refractivity contribution in [2.45, 2.75) is 32.0 Å². The fourth-order valence-corrected chi connectivity index (χ4v) is 3.17. The summed E-state index contributed by atoms with van der Waals surface area (Å²) < 4.78 is 10.5. The van der Waals surface area contributed by atoms with Crippen LogP contribution in [0.4, 0.5) is 0 Å². The van der Waals surface area contributed by atoms with Crippen molar-refractivity contribution in [1.82, 2.24) is 15.0 Å². The molecule has 0 aliphatic carbocycles. The minimum Gasteiger partial charge on any atom is -0.479 e. The Morgan fingerprint density at radius 3 is 3.00 bits per heavy atom. The average molecular weight is 351 g/mol. The monoisotopic (exact) mass is 351 g/mol. The third-order valence-corrected chi connectivity index (χ3v) is 4.52. The van der Waals surface area contributed by atoms with Crippen LogP contribution in [0.2, 0.25) is 0 Å². The molecule has 1 amide bonds.